The van der Waals surface area contributed by atoms with E-state index in [9.17, 15) is 9.90 Å². The second kappa shape index (κ2) is 6.96. The molecule has 0 aromatic carbocycles. The van der Waals surface area contributed by atoms with Gasteiger partial charge in [-0.15, -0.1) is 0 Å². The molecule has 5 heteroatoms. The highest BCUT2D eigenvalue weighted by Gasteiger charge is 2.08. The molecule has 1 heterocycles. The number of nitrogens with one attached hydrogen (secondary N) is 1. The fraction of sp³-hybridized carbons (Fsp3) is 0.538. The molecule has 0 aliphatic rings. The number of hydrogen-bond acceptors (Lipinski definition) is 4. The van der Waals surface area contributed by atoms with Crippen LogP contribution in [0.4, 0.5) is 5.69 Å². The van der Waals surface area contributed by atoms with Crippen LogP contribution in [-0.4, -0.2) is 36.1 Å². The van der Waals surface area contributed by atoms with Gasteiger partial charge in [0, 0.05) is 13.6 Å². The number of hydrogen-bond donors (Lipinski definition) is 2. The summed E-state index contributed by atoms with van der Waals surface area (Å²) in [7, 11) is 1.84. The summed E-state index contributed by atoms with van der Waals surface area (Å²) in [5.74, 6) is -0.000970. The third-order valence-corrected chi connectivity index (χ3v) is 2.59. The molecule has 1 amide bonds. The summed E-state index contributed by atoms with van der Waals surface area (Å²) < 4.78 is 0. The zero-order chi connectivity index (χ0) is 13.5. The Balaban J connectivity index is 2.56. The minimum atomic E-state index is -0.572. The van der Waals surface area contributed by atoms with Crippen molar-refractivity contribution in [3.05, 3.63) is 24.0 Å². The number of amides is 1. The number of carbonyl (C=O) groups excluding carboxylic acids is 1. The van der Waals surface area contributed by atoms with Crippen molar-refractivity contribution in [2.75, 3.05) is 25.0 Å². The molecule has 1 aromatic rings. The first-order valence-electron chi connectivity index (χ1n) is 6.16. The van der Waals surface area contributed by atoms with Crippen molar-refractivity contribution in [3.8, 4) is 0 Å². The first-order chi connectivity index (χ1) is 8.54. The Morgan fingerprint density at radius 3 is 2.78 bits per heavy atom. The van der Waals surface area contributed by atoms with Crippen LogP contribution in [0.25, 0.3) is 0 Å². The first kappa shape index (κ1) is 14.4. The summed E-state index contributed by atoms with van der Waals surface area (Å²) in [6, 6.07) is 3.61. The molecule has 0 spiro atoms. The molecule has 1 aromatic heterocycles. The number of aromatic nitrogens is 1. The van der Waals surface area contributed by atoms with Crippen molar-refractivity contribution >= 4 is 11.6 Å². The second-order valence-electron chi connectivity index (χ2n) is 4.32. The monoisotopic (exact) mass is 251 g/mol. The Bertz CT molecular complexity index is 376. The maximum absolute atomic E-state index is 11.5. The normalized spacial score (nSPS) is 12.0. The second-order valence-corrected chi connectivity index (χ2v) is 4.32. The molecule has 0 bridgehead atoms. The lowest BCUT2D eigenvalue weighted by atomic mass is 10.2. The van der Waals surface area contributed by atoms with Gasteiger partial charge < -0.3 is 15.3 Å². The average Bonchev–Trinajstić information content (AvgIpc) is 2.36. The maximum atomic E-state index is 11.5. The van der Waals surface area contributed by atoms with Crippen molar-refractivity contribution < 1.29 is 9.90 Å². The highest BCUT2D eigenvalue weighted by atomic mass is 16.3. The van der Waals surface area contributed by atoms with E-state index in [-0.39, 0.29) is 5.91 Å². The Morgan fingerprint density at radius 1 is 1.56 bits per heavy atom. The number of nitrogens with zero attached hydrogens (tertiary/aromatic N) is 2. The smallest absolute Gasteiger partial charge is 0.239 e. The van der Waals surface area contributed by atoms with Crippen LogP contribution in [0, 0.1) is 0 Å². The van der Waals surface area contributed by atoms with Crippen molar-refractivity contribution in [3.63, 3.8) is 0 Å². The lowest BCUT2D eigenvalue weighted by molar-refractivity contribution is -0.119. The van der Waals surface area contributed by atoms with Gasteiger partial charge in [-0.2, -0.15) is 0 Å². The Labute approximate surface area is 108 Å². The molecule has 5 nitrogen and oxygen atoms in total. The van der Waals surface area contributed by atoms with Crippen molar-refractivity contribution in [1.29, 1.82) is 0 Å². The van der Waals surface area contributed by atoms with Crippen LogP contribution in [0.15, 0.2) is 18.3 Å². The number of anilines is 1. The Morgan fingerprint density at radius 2 is 2.28 bits per heavy atom. The van der Waals surface area contributed by atoms with Crippen LogP contribution in [0.3, 0.4) is 0 Å². The summed E-state index contributed by atoms with van der Waals surface area (Å²) >= 11 is 0. The third kappa shape index (κ3) is 4.33. The van der Waals surface area contributed by atoms with Crippen molar-refractivity contribution in [2.24, 2.45) is 0 Å². The minimum Gasteiger partial charge on any atom is -0.387 e. The zero-order valence-electron chi connectivity index (χ0n) is 11.2. The van der Waals surface area contributed by atoms with Gasteiger partial charge >= 0.3 is 0 Å². The van der Waals surface area contributed by atoms with E-state index < -0.39 is 6.10 Å². The summed E-state index contributed by atoms with van der Waals surface area (Å²) in [5.41, 5.74) is 1.48. The number of likely N-dealkylation sites (N-methyl/N-ethyl adjacent to an activating group) is 1. The Hall–Kier alpha value is -1.62. The summed E-state index contributed by atoms with van der Waals surface area (Å²) in [4.78, 5) is 17.5. The molecule has 0 fully saturated rings. The molecular weight excluding hydrogens is 230 g/mol. The number of aliphatic hydroxyl groups is 1. The number of carbonyl (C=O) groups is 1. The molecule has 0 unspecified atom stereocenters. The van der Waals surface area contributed by atoms with Gasteiger partial charge in [0.1, 0.15) is 0 Å². The van der Waals surface area contributed by atoms with Gasteiger partial charge in [-0.1, -0.05) is 6.92 Å². The van der Waals surface area contributed by atoms with E-state index in [4.69, 9.17) is 0 Å². The quantitative estimate of drug-likeness (QED) is 0.794. The largest absolute Gasteiger partial charge is 0.387 e. The van der Waals surface area contributed by atoms with Crippen molar-refractivity contribution in [2.45, 2.75) is 26.4 Å². The molecule has 0 saturated heterocycles. The van der Waals surface area contributed by atoms with Gasteiger partial charge in [0.15, 0.2) is 0 Å². The summed E-state index contributed by atoms with van der Waals surface area (Å²) in [5, 5.41) is 12.2. The molecule has 0 aliphatic carbocycles. The van der Waals surface area contributed by atoms with E-state index in [1.54, 1.807) is 19.2 Å². The van der Waals surface area contributed by atoms with Crippen LogP contribution < -0.4 is 10.2 Å². The zero-order valence-corrected chi connectivity index (χ0v) is 11.2. The first-order valence-corrected chi connectivity index (χ1v) is 6.16. The van der Waals surface area contributed by atoms with Crippen LogP contribution in [0.2, 0.25) is 0 Å². The number of rotatable bonds is 6. The van der Waals surface area contributed by atoms with Crippen LogP contribution in [0.1, 0.15) is 32.1 Å². The van der Waals surface area contributed by atoms with E-state index >= 15 is 0 Å². The average molecular weight is 251 g/mol. The van der Waals surface area contributed by atoms with E-state index in [0.29, 0.717) is 18.8 Å². The molecule has 2 N–H and O–H groups in total. The van der Waals surface area contributed by atoms with E-state index in [1.807, 2.05) is 24.9 Å². The molecule has 18 heavy (non-hydrogen) atoms. The lowest BCUT2D eigenvalue weighted by Crippen LogP contribution is -2.35. The lowest BCUT2D eigenvalue weighted by Gasteiger charge is -2.18. The molecule has 100 valence electrons. The Kier molecular flexibility index (Phi) is 5.58. The minimum absolute atomic E-state index is 0.000970. The number of aliphatic hydroxyl groups excluding tert-OH is 1. The molecule has 0 radical (unpaired) electrons. The van der Waals surface area contributed by atoms with Gasteiger partial charge in [0.05, 0.1) is 30.2 Å². The predicted molar refractivity (Wildman–Crippen MR) is 71.4 cm³/mol. The highest BCUT2D eigenvalue weighted by Crippen LogP contribution is 2.14. The molecular formula is C13H21N3O2. The van der Waals surface area contributed by atoms with Crippen LogP contribution >= 0.6 is 0 Å². The van der Waals surface area contributed by atoms with E-state index in [0.717, 1.165) is 12.1 Å². The molecule has 1 rings (SSSR count). The predicted octanol–water partition coefficient (Wildman–Crippen LogP) is 1.10. The fourth-order valence-electron chi connectivity index (χ4n) is 1.50. The summed E-state index contributed by atoms with van der Waals surface area (Å²) in [6.07, 6.45) is 2.02. The van der Waals surface area contributed by atoms with E-state index in [2.05, 4.69) is 10.3 Å². The summed E-state index contributed by atoms with van der Waals surface area (Å²) in [6.45, 7) is 4.69. The fourth-order valence-corrected chi connectivity index (χ4v) is 1.50. The van der Waals surface area contributed by atoms with Gasteiger partial charge in [0.25, 0.3) is 0 Å². The molecule has 0 aliphatic heterocycles. The topological polar surface area (TPSA) is 65.5 Å². The molecule has 0 saturated carbocycles. The van der Waals surface area contributed by atoms with Crippen molar-refractivity contribution in [1.82, 2.24) is 10.3 Å². The molecule has 1 atom stereocenters. The van der Waals surface area contributed by atoms with Crippen LogP contribution in [0.5, 0.6) is 0 Å². The number of pyridine rings is 1. The van der Waals surface area contributed by atoms with Crippen LogP contribution in [-0.2, 0) is 4.79 Å². The highest BCUT2D eigenvalue weighted by molar-refractivity contribution is 5.81. The van der Waals surface area contributed by atoms with Gasteiger partial charge in [-0.25, -0.2) is 0 Å². The van der Waals surface area contributed by atoms with Gasteiger partial charge in [-0.05, 0) is 25.5 Å². The van der Waals surface area contributed by atoms with Gasteiger partial charge in [0.2, 0.25) is 5.91 Å². The maximum Gasteiger partial charge on any atom is 0.239 e. The third-order valence-electron chi connectivity index (χ3n) is 2.59. The van der Waals surface area contributed by atoms with Gasteiger partial charge in [-0.3, -0.25) is 9.78 Å². The standard InChI is InChI=1S/C13H21N3O2/c1-4-7-14-13(18)9-16(3)11-5-6-12(10(2)17)15-8-11/h5-6,8,10,17H,4,7,9H2,1-3H3,(H,14,18)/t10-/m0/s1. The van der Waals surface area contributed by atoms with E-state index in [1.165, 1.54) is 0 Å². The SMILES string of the molecule is CCCNC(=O)CN(C)c1ccc([C@H](C)O)nc1.